The van der Waals surface area contributed by atoms with Gasteiger partial charge in [0.1, 0.15) is 0 Å². The molecule has 1 aliphatic heterocycles. The van der Waals surface area contributed by atoms with E-state index in [0.29, 0.717) is 31.2 Å². The highest BCUT2D eigenvalue weighted by atomic mass is 16.5. The zero-order valence-corrected chi connectivity index (χ0v) is 11.4. The summed E-state index contributed by atoms with van der Waals surface area (Å²) in [6.45, 7) is 2.33. The number of likely N-dealkylation sites (tertiary alicyclic amines) is 1. The Hall–Kier alpha value is -1.72. The first-order chi connectivity index (χ1) is 9.79. The largest absolute Gasteiger partial charge is 0.392 e. The highest BCUT2D eigenvalue weighted by molar-refractivity contribution is 5.17. The van der Waals surface area contributed by atoms with E-state index in [2.05, 4.69) is 15.0 Å². The van der Waals surface area contributed by atoms with Crippen molar-refractivity contribution >= 4 is 0 Å². The number of rotatable bonds is 4. The van der Waals surface area contributed by atoms with Crippen LogP contribution in [0.2, 0.25) is 0 Å². The van der Waals surface area contributed by atoms with Crippen LogP contribution >= 0.6 is 0 Å². The van der Waals surface area contributed by atoms with E-state index in [9.17, 15) is 5.11 Å². The predicted octanol–water partition coefficient (Wildman–Crippen LogP) is 1.62. The Kier molecular flexibility index (Phi) is 4.08. The van der Waals surface area contributed by atoms with Gasteiger partial charge < -0.3 is 9.63 Å². The van der Waals surface area contributed by atoms with Crippen molar-refractivity contribution in [1.82, 2.24) is 15.0 Å². The van der Waals surface area contributed by atoms with Crippen molar-refractivity contribution in [3.63, 3.8) is 0 Å². The molecule has 0 amide bonds. The number of hydrogen-bond acceptors (Lipinski definition) is 5. The van der Waals surface area contributed by atoms with Gasteiger partial charge in [-0.1, -0.05) is 35.5 Å². The molecule has 5 heteroatoms. The molecule has 1 aromatic carbocycles. The van der Waals surface area contributed by atoms with Crippen molar-refractivity contribution in [3.8, 4) is 0 Å². The first kappa shape index (κ1) is 13.3. The molecule has 0 saturated carbocycles. The van der Waals surface area contributed by atoms with Crippen molar-refractivity contribution in [2.24, 2.45) is 0 Å². The Morgan fingerprint density at radius 2 is 2.15 bits per heavy atom. The molecule has 1 fully saturated rings. The summed E-state index contributed by atoms with van der Waals surface area (Å²) in [5.41, 5.74) is 1.16. The van der Waals surface area contributed by atoms with E-state index in [1.54, 1.807) is 0 Å². The fourth-order valence-corrected chi connectivity index (χ4v) is 2.57. The van der Waals surface area contributed by atoms with Crippen molar-refractivity contribution in [3.05, 3.63) is 47.6 Å². The number of benzene rings is 1. The second-order valence-corrected chi connectivity index (χ2v) is 5.30. The molecule has 2 heterocycles. The molecule has 1 unspecified atom stereocenters. The van der Waals surface area contributed by atoms with Gasteiger partial charge >= 0.3 is 0 Å². The van der Waals surface area contributed by atoms with Crippen LogP contribution in [0.15, 0.2) is 34.9 Å². The summed E-state index contributed by atoms with van der Waals surface area (Å²) in [7, 11) is 0. The summed E-state index contributed by atoms with van der Waals surface area (Å²) < 4.78 is 5.29. The number of aliphatic hydroxyl groups excluding tert-OH is 1. The maximum atomic E-state index is 9.65. The minimum atomic E-state index is -0.223. The van der Waals surface area contributed by atoms with Gasteiger partial charge in [-0.2, -0.15) is 4.98 Å². The van der Waals surface area contributed by atoms with E-state index < -0.39 is 0 Å². The third-order valence-electron chi connectivity index (χ3n) is 3.55. The number of β-amino-alcohol motifs (C(OH)–C–C–N with tert-alkyl or cyclic N) is 1. The highest BCUT2D eigenvalue weighted by Crippen LogP contribution is 2.13. The van der Waals surface area contributed by atoms with Crippen LogP contribution in [-0.4, -0.2) is 39.3 Å². The lowest BCUT2D eigenvalue weighted by Gasteiger charge is -2.28. The first-order valence-electron chi connectivity index (χ1n) is 7.05. The van der Waals surface area contributed by atoms with E-state index in [4.69, 9.17) is 4.52 Å². The molecule has 0 aliphatic carbocycles. The summed E-state index contributed by atoms with van der Waals surface area (Å²) in [5.74, 6) is 1.34. The van der Waals surface area contributed by atoms with Crippen LogP contribution in [0.4, 0.5) is 0 Å². The lowest BCUT2D eigenvalue weighted by Crippen LogP contribution is -2.37. The lowest BCUT2D eigenvalue weighted by molar-refractivity contribution is 0.0651. The number of nitrogens with zero attached hydrogens (tertiary/aromatic N) is 3. The quantitative estimate of drug-likeness (QED) is 0.917. The Morgan fingerprint density at radius 3 is 2.95 bits per heavy atom. The number of aromatic nitrogens is 2. The molecule has 106 valence electrons. The Bertz CT molecular complexity index is 541. The highest BCUT2D eigenvalue weighted by Gasteiger charge is 2.19. The second kappa shape index (κ2) is 6.15. The summed E-state index contributed by atoms with van der Waals surface area (Å²) in [6, 6.07) is 10.1. The number of hydrogen-bond donors (Lipinski definition) is 1. The first-order valence-corrected chi connectivity index (χ1v) is 7.05. The summed E-state index contributed by atoms with van der Waals surface area (Å²) in [5, 5.41) is 13.7. The van der Waals surface area contributed by atoms with Crippen LogP contribution in [0, 0.1) is 0 Å². The van der Waals surface area contributed by atoms with E-state index in [0.717, 1.165) is 24.9 Å². The fourth-order valence-electron chi connectivity index (χ4n) is 2.57. The van der Waals surface area contributed by atoms with Crippen molar-refractivity contribution in [2.75, 3.05) is 13.1 Å². The molecule has 1 saturated heterocycles. The molecule has 0 bridgehead atoms. The van der Waals surface area contributed by atoms with Gasteiger partial charge in [-0.3, -0.25) is 4.90 Å². The van der Waals surface area contributed by atoms with Crippen LogP contribution in [0.1, 0.15) is 30.1 Å². The molecule has 5 nitrogen and oxygen atoms in total. The third-order valence-corrected chi connectivity index (χ3v) is 3.55. The maximum Gasteiger partial charge on any atom is 0.231 e. The topological polar surface area (TPSA) is 62.4 Å². The number of aliphatic hydroxyl groups is 1. The van der Waals surface area contributed by atoms with Crippen molar-refractivity contribution in [2.45, 2.75) is 31.9 Å². The Morgan fingerprint density at radius 1 is 1.30 bits per heavy atom. The van der Waals surface area contributed by atoms with E-state index in [1.165, 1.54) is 0 Å². The Labute approximate surface area is 118 Å². The second-order valence-electron chi connectivity index (χ2n) is 5.30. The zero-order valence-electron chi connectivity index (χ0n) is 11.4. The average molecular weight is 273 g/mol. The minimum absolute atomic E-state index is 0.223. The molecular formula is C15H19N3O2. The molecule has 1 aromatic heterocycles. The van der Waals surface area contributed by atoms with Gasteiger partial charge in [-0.25, -0.2) is 0 Å². The van der Waals surface area contributed by atoms with Gasteiger partial charge in [-0.05, 0) is 24.9 Å². The van der Waals surface area contributed by atoms with Crippen molar-refractivity contribution in [1.29, 1.82) is 0 Å². The smallest absolute Gasteiger partial charge is 0.231 e. The van der Waals surface area contributed by atoms with Crippen LogP contribution in [0.25, 0.3) is 0 Å². The zero-order chi connectivity index (χ0) is 13.8. The van der Waals surface area contributed by atoms with Crippen LogP contribution < -0.4 is 0 Å². The van der Waals surface area contributed by atoms with E-state index >= 15 is 0 Å². The average Bonchev–Trinajstić information content (AvgIpc) is 2.87. The van der Waals surface area contributed by atoms with E-state index in [-0.39, 0.29) is 6.10 Å². The predicted molar refractivity (Wildman–Crippen MR) is 74.1 cm³/mol. The molecule has 0 spiro atoms. The van der Waals surface area contributed by atoms with E-state index in [1.807, 2.05) is 30.3 Å². The SMILES string of the molecule is OC1CCCN(Cc2noc(Cc3ccccc3)n2)C1. The molecule has 2 aromatic rings. The molecule has 1 atom stereocenters. The fraction of sp³-hybridized carbons (Fsp3) is 0.467. The monoisotopic (exact) mass is 273 g/mol. The van der Waals surface area contributed by atoms with Crippen LogP contribution in [0.5, 0.6) is 0 Å². The molecular weight excluding hydrogens is 254 g/mol. The molecule has 0 radical (unpaired) electrons. The normalized spacial score (nSPS) is 20.1. The van der Waals surface area contributed by atoms with Gasteiger partial charge in [0, 0.05) is 6.54 Å². The molecule has 20 heavy (non-hydrogen) atoms. The standard InChI is InChI=1S/C15H19N3O2/c19-13-7-4-8-18(10-13)11-14-16-15(20-17-14)9-12-5-2-1-3-6-12/h1-3,5-6,13,19H,4,7-11H2. The lowest BCUT2D eigenvalue weighted by atomic mass is 10.1. The number of piperidine rings is 1. The van der Waals surface area contributed by atoms with Crippen molar-refractivity contribution < 1.29 is 9.63 Å². The third kappa shape index (κ3) is 3.43. The summed E-state index contributed by atoms with van der Waals surface area (Å²) in [6.07, 6.45) is 2.35. The molecule has 3 rings (SSSR count). The summed E-state index contributed by atoms with van der Waals surface area (Å²) in [4.78, 5) is 6.60. The maximum absolute atomic E-state index is 9.65. The van der Waals surface area contributed by atoms with Gasteiger partial charge in [-0.15, -0.1) is 0 Å². The molecule has 1 N–H and O–H groups in total. The minimum Gasteiger partial charge on any atom is -0.392 e. The Balaban J connectivity index is 1.59. The van der Waals surface area contributed by atoms with Crippen LogP contribution in [-0.2, 0) is 13.0 Å². The van der Waals surface area contributed by atoms with Gasteiger partial charge in [0.2, 0.25) is 5.89 Å². The van der Waals surface area contributed by atoms with Gasteiger partial charge in [0.05, 0.1) is 19.1 Å². The van der Waals surface area contributed by atoms with Crippen LogP contribution in [0.3, 0.4) is 0 Å². The van der Waals surface area contributed by atoms with Gasteiger partial charge in [0.15, 0.2) is 5.82 Å². The summed E-state index contributed by atoms with van der Waals surface area (Å²) >= 11 is 0. The molecule has 1 aliphatic rings. The van der Waals surface area contributed by atoms with Gasteiger partial charge in [0.25, 0.3) is 0 Å².